The molecule has 294 valence electrons. The number of rotatable bonds is 15. The van der Waals surface area contributed by atoms with Crippen LogP contribution in [-0.2, 0) is 14.3 Å². The van der Waals surface area contributed by atoms with E-state index in [9.17, 15) is 14.4 Å². The largest absolute Gasteiger partial charge is 0.495 e. The fourth-order valence-electron chi connectivity index (χ4n) is 4.15. The topological polar surface area (TPSA) is 154 Å². The fraction of sp³-hybridized carbons (Fsp3) is 0.486. The Hall–Kier alpha value is -4.52. The van der Waals surface area contributed by atoms with Crippen LogP contribution in [0.4, 0.5) is 38.9 Å². The van der Waals surface area contributed by atoms with Crippen molar-refractivity contribution in [3.8, 4) is 11.5 Å². The Bertz CT molecular complexity index is 1450. The van der Waals surface area contributed by atoms with Crippen molar-refractivity contribution >= 4 is 61.3 Å². The smallest absolute Gasteiger partial charge is 0.412 e. The zero-order chi connectivity index (χ0) is 39.5. The number of anilines is 6. The van der Waals surface area contributed by atoms with Crippen molar-refractivity contribution < 1.29 is 28.6 Å². The summed E-state index contributed by atoms with van der Waals surface area (Å²) in [5.74, 6) is 0.407. The van der Waals surface area contributed by atoms with Crippen LogP contribution in [-0.4, -0.2) is 123 Å². The third-order valence-corrected chi connectivity index (χ3v) is 6.78. The number of methoxy groups -OCH3 is 2. The van der Waals surface area contributed by atoms with Crippen LogP contribution in [0.1, 0.15) is 28.2 Å². The second kappa shape index (κ2) is 24.6. The monoisotopic (exact) mass is 748 g/mol. The highest BCUT2D eigenvalue weighted by atomic mass is 31.0. The van der Waals surface area contributed by atoms with Gasteiger partial charge in [0, 0.05) is 52.4 Å². The molecule has 0 radical (unpaired) electrons. The van der Waals surface area contributed by atoms with Gasteiger partial charge in [0.1, 0.15) is 17.1 Å². The number of nitrogen functional groups attached to an aromatic ring is 1. The molecule has 0 saturated carbocycles. The van der Waals surface area contributed by atoms with Crippen LogP contribution in [0.25, 0.3) is 0 Å². The number of ether oxygens (including phenoxy) is 3. The molecule has 0 fully saturated rings. The number of benzene rings is 2. The van der Waals surface area contributed by atoms with E-state index in [1.807, 2.05) is 64.8 Å². The maximum Gasteiger partial charge on any atom is 0.412 e. The quantitative estimate of drug-likeness (QED) is 0.101. The Morgan fingerprint density at radius 2 is 1.12 bits per heavy atom. The van der Waals surface area contributed by atoms with Crippen molar-refractivity contribution in [3.63, 3.8) is 0 Å². The van der Waals surface area contributed by atoms with Crippen molar-refractivity contribution in [2.24, 2.45) is 0 Å². The highest BCUT2D eigenvalue weighted by molar-refractivity contribution is 7.15. The Balaban J connectivity index is 0. The Morgan fingerprint density at radius 1 is 0.712 bits per heavy atom. The molecule has 2 aromatic rings. The average Bonchev–Trinajstić information content (AvgIpc) is 3.06. The summed E-state index contributed by atoms with van der Waals surface area (Å²) < 4.78 is 16.0. The molecule has 0 aliphatic carbocycles. The lowest BCUT2D eigenvalue weighted by Gasteiger charge is -2.26. The summed E-state index contributed by atoms with van der Waals surface area (Å²) in [6.07, 6.45) is 1.80. The van der Waals surface area contributed by atoms with Gasteiger partial charge in [0.15, 0.2) is 0 Å². The molecule has 2 aromatic carbocycles. The Labute approximate surface area is 314 Å². The third-order valence-electron chi connectivity index (χ3n) is 6.78. The van der Waals surface area contributed by atoms with Gasteiger partial charge >= 0.3 is 6.09 Å². The first-order chi connectivity index (χ1) is 23.8. The molecule has 0 aliphatic heterocycles. The van der Waals surface area contributed by atoms with E-state index in [0.717, 1.165) is 37.6 Å². The summed E-state index contributed by atoms with van der Waals surface area (Å²) in [5, 5.41) is 8.23. The van der Waals surface area contributed by atoms with Crippen molar-refractivity contribution in [2.75, 3.05) is 121 Å². The minimum absolute atomic E-state index is 0. The maximum absolute atomic E-state index is 12.2. The van der Waals surface area contributed by atoms with E-state index in [4.69, 9.17) is 19.9 Å². The van der Waals surface area contributed by atoms with Crippen molar-refractivity contribution in [1.82, 2.24) is 9.80 Å². The summed E-state index contributed by atoms with van der Waals surface area (Å²) in [5.41, 5.74) is 8.90. The standard InChI is InChI=1S/C20H32N4O4.C15H24N4O2.CH5P.CH4/c1-9-18(25)21-14-12-15(22-19(26)28-20(2,3)4)17(27-8)13-16(14)24(7)11-10-23(5)6;1-6-15(20)17-12-9-11(16)14(21-5)10-13(12)19(4)8-7-18(2)3;1-2;/h9,12-13H,1,10-11H2,2-8H3,(H,21,25)(H,22,26);6,9-10H,1,7-8,16H2,2-5H3,(H,17,20);2H2,1H3;1H4. The van der Waals surface area contributed by atoms with Crippen molar-refractivity contribution in [1.29, 1.82) is 0 Å². The molecule has 2 rings (SSSR count). The van der Waals surface area contributed by atoms with E-state index in [2.05, 4.69) is 48.1 Å². The predicted octanol–water partition coefficient (Wildman–Crippen LogP) is 5.69. The minimum Gasteiger partial charge on any atom is -0.495 e. The molecular formula is C37H65N8O6P. The summed E-state index contributed by atoms with van der Waals surface area (Å²) in [7, 11) is 17.4. The molecule has 0 bridgehead atoms. The summed E-state index contributed by atoms with van der Waals surface area (Å²) in [4.78, 5) is 43.8. The third kappa shape index (κ3) is 18.1. The molecule has 0 heterocycles. The number of nitrogens with one attached hydrogen (secondary N) is 3. The van der Waals surface area contributed by atoms with Gasteiger partial charge in [-0.25, -0.2) is 4.79 Å². The van der Waals surface area contributed by atoms with Gasteiger partial charge in [-0.2, -0.15) is 0 Å². The van der Waals surface area contributed by atoms with Crippen LogP contribution in [0.2, 0.25) is 0 Å². The predicted molar refractivity (Wildman–Crippen MR) is 224 cm³/mol. The van der Waals surface area contributed by atoms with Gasteiger partial charge in [-0.15, -0.1) is 9.24 Å². The van der Waals surface area contributed by atoms with Crippen molar-refractivity contribution in [2.45, 2.75) is 33.8 Å². The number of carbonyl (C=O) groups is 3. The Morgan fingerprint density at radius 3 is 1.48 bits per heavy atom. The first kappa shape index (κ1) is 49.6. The van der Waals surface area contributed by atoms with Crippen LogP contribution in [0.5, 0.6) is 11.5 Å². The number of hydrogen-bond donors (Lipinski definition) is 4. The lowest BCUT2D eigenvalue weighted by molar-refractivity contribution is -0.112. The van der Waals surface area contributed by atoms with Crippen LogP contribution >= 0.6 is 9.24 Å². The maximum atomic E-state index is 12.2. The molecule has 5 N–H and O–H groups in total. The average molecular weight is 749 g/mol. The van der Waals surface area contributed by atoms with E-state index < -0.39 is 11.7 Å². The molecule has 52 heavy (non-hydrogen) atoms. The molecule has 3 amide bonds. The van der Waals surface area contributed by atoms with E-state index in [0.29, 0.717) is 34.2 Å². The zero-order valence-electron chi connectivity index (χ0n) is 32.6. The number of amides is 3. The van der Waals surface area contributed by atoms with Crippen LogP contribution in [0, 0.1) is 0 Å². The summed E-state index contributed by atoms with van der Waals surface area (Å²) in [6, 6.07) is 6.93. The molecule has 1 unspecified atom stereocenters. The van der Waals surface area contributed by atoms with Crippen LogP contribution < -0.4 is 41.0 Å². The number of hydrogen-bond acceptors (Lipinski definition) is 11. The van der Waals surface area contributed by atoms with Crippen LogP contribution in [0.15, 0.2) is 49.6 Å². The highest BCUT2D eigenvalue weighted by Gasteiger charge is 2.21. The zero-order valence-corrected chi connectivity index (χ0v) is 33.8. The molecule has 15 heteroatoms. The van der Waals surface area contributed by atoms with Gasteiger partial charge < -0.3 is 50.2 Å². The van der Waals surface area contributed by atoms with Gasteiger partial charge in [-0.1, -0.05) is 27.2 Å². The second-order valence-corrected chi connectivity index (χ2v) is 12.6. The summed E-state index contributed by atoms with van der Waals surface area (Å²) >= 11 is 0. The SMILES string of the molecule is C.C=CC(=O)Nc1cc(N)c(OC)cc1N(C)CCN(C)C.C=CC(=O)Nc1cc(NC(=O)OC(C)(C)C)c(OC)cc1N(C)CCN(C)C.CP. The molecular weight excluding hydrogens is 683 g/mol. The lowest BCUT2D eigenvalue weighted by atomic mass is 10.2. The van der Waals surface area contributed by atoms with Crippen LogP contribution in [0.3, 0.4) is 0 Å². The molecule has 0 saturated heterocycles. The van der Waals surface area contributed by atoms with Gasteiger partial charge in [0.05, 0.1) is 48.3 Å². The summed E-state index contributed by atoms with van der Waals surface area (Å²) in [6.45, 7) is 17.4. The van der Waals surface area contributed by atoms with Gasteiger partial charge in [0.2, 0.25) is 11.8 Å². The normalized spacial score (nSPS) is 10.2. The van der Waals surface area contributed by atoms with Gasteiger partial charge in [-0.05, 0) is 73.2 Å². The van der Waals surface area contributed by atoms with E-state index in [-0.39, 0.29) is 19.2 Å². The van der Waals surface area contributed by atoms with Gasteiger partial charge in [-0.3, -0.25) is 14.9 Å². The molecule has 14 nitrogen and oxygen atoms in total. The highest BCUT2D eigenvalue weighted by Crippen LogP contribution is 2.37. The molecule has 0 aromatic heterocycles. The van der Waals surface area contributed by atoms with E-state index >= 15 is 0 Å². The van der Waals surface area contributed by atoms with Gasteiger partial charge in [0.25, 0.3) is 0 Å². The molecule has 0 spiro atoms. The molecule has 0 aliphatic rings. The van der Waals surface area contributed by atoms with Crippen molar-refractivity contribution in [3.05, 3.63) is 49.6 Å². The first-order valence-corrected chi connectivity index (χ1v) is 17.4. The minimum atomic E-state index is -0.635. The first-order valence-electron chi connectivity index (χ1n) is 16.2. The number of carbonyl (C=O) groups excluding carboxylic acids is 3. The molecule has 1 atom stereocenters. The number of nitrogens with zero attached hydrogens (tertiary/aromatic N) is 4. The van der Waals surface area contributed by atoms with E-state index in [1.165, 1.54) is 19.3 Å². The Kier molecular flexibility index (Phi) is 23.5. The number of likely N-dealkylation sites (N-methyl/N-ethyl adjacent to an activating group) is 4. The fourth-order valence-corrected chi connectivity index (χ4v) is 4.15. The second-order valence-electron chi connectivity index (χ2n) is 12.6. The lowest BCUT2D eigenvalue weighted by Crippen LogP contribution is -2.29. The van der Waals surface area contributed by atoms with E-state index in [1.54, 1.807) is 46.1 Å². The number of nitrogens with two attached hydrogens (primary N) is 1.